The number of benzene rings is 2. The summed E-state index contributed by atoms with van der Waals surface area (Å²) in [6.07, 6.45) is 3.27. The molecule has 2 aromatic carbocycles. The zero-order valence-electron chi connectivity index (χ0n) is 15.3. The summed E-state index contributed by atoms with van der Waals surface area (Å²) < 4.78 is 27.3. The van der Waals surface area contributed by atoms with Crippen molar-refractivity contribution in [1.29, 1.82) is 0 Å². The number of likely N-dealkylation sites (tertiary alicyclic amines) is 1. The van der Waals surface area contributed by atoms with Crippen LogP contribution in [-0.4, -0.2) is 30.8 Å². The summed E-state index contributed by atoms with van der Waals surface area (Å²) in [7, 11) is -3.75. The van der Waals surface area contributed by atoms with E-state index in [-0.39, 0.29) is 16.8 Å². The molecule has 1 aliphatic heterocycles. The van der Waals surface area contributed by atoms with Crippen LogP contribution in [0.15, 0.2) is 65.0 Å². The maximum absolute atomic E-state index is 13.1. The van der Waals surface area contributed by atoms with E-state index < -0.39 is 10.0 Å². The second-order valence-electron chi connectivity index (χ2n) is 6.65. The average molecular weight is 448 g/mol. The number of hydrogen-bond donors (Lipinski definition) is 1. The molecule has 0 bridgehead atoms. The highest BCUT2D eigenvalue weighted by molar-refractivity contribution is 7.93. The number of rotatable bonds is 5. The zero-order valence-corrected chi connectivity index (χ0v) is 17.7. The first-order chi connectivity index (χ1) is 14.0. The number of halogens is 1. The largest absolute Gasteiger partial charge is 0.332 e. The first-order valence-electron chi connectivity index (χ1n) is 9.03. The third-order valence-corrected chi connectivity index (χ3v) is 7.36. The first kappa shape index (κ1) is 19.9. The number of thiazole rings is 1. The number of anilines is 1. The highest BCUT2D eigenvalue weighted by Gasteiger charge is 2.31. The fourth-order valence-electron chi connectivity index (χ4n) is 3.47. The van der Waals surface area contributed by atoms with Gasteiger partial charge in [-0.25, -0.2) is 13.4 Å². The third-order valence-electron chi connectivity index (χ3n) is 4.84. The van der Waals surface area contributed by atoms with Gasteiger partial charge in [0.15, 0.2) is 5.13 Å². The van der Waals surface area contributed by atoms with Gasteiger partial charge in [-0.15, -0.1) is 11.3 Å². The van der Waals surface area contributed by atoms with E-state index in [9.17, 15) is 13.2 Å². The SMILES string of the molecule is O=C(c1ccc(S(=O)(=O)Nc2nccs2)cc1)N1CCCC1c1ccccc1Cl. The number of aromatic nitrogens is 1. The number of carbonyl (C=O) groups excluding carboxylic acids is 1. The lowest BCUT2D eigenvalue weighted by molar-refractivity contribution is 0.0735. The van der Waals surface area contributed by atoms with E-state index in [1.807, 2.05) is 24.3 Å². The van der Waals surface area contributed by atoms with Gasteiger partial charge in [0.2, 0.25) is 0 Å². The van der Waals surface area contributed by atoms with Crippen LogP contribution >= 0.6 is 22.9 Å². The van der Waals surface area contributed by atoms with Crippen molar-refractivity contribution >= 4 is 44.0 Å². The van der Waals surface area contributed by atoms with Gasteiger partial charge in [0.1, 0.15) is 0 Å². The van der Waals surface area contributed by atoms with Gasteiger partial charge in [-0.05, 0) is 48.7 Å². The maximum Gasteiger partial charge on any atom is 0.263 e. The molecule has 1 atom stereocenters. The van der Waals surface area contributed by atoms with Crippen LogP contribution in [0, 0.1) is 0 Å². The Hall–Kier alpha value is -2.42. The van der Waals surface area contributed by atoms with E-state index in [2.05, 4.69) is 9.71 Å². The van der Waals surface area contributed by atoms with Gasteiger partial charge >= 0.3 is 0 Å². The Morgan fingerprint density at radius 1 is 1.17 bits per heavy atom. The highest BCUT2D eigenvalue weighted by atomic mass is 35.5. The number of nitrogens with one attached hydrogen (secondary N) is 1. The van der Waals surface area contributed by atoms with Crippen molar-refractivity contribution < 1.29 is 13.2 Å². The van der Waals surface area contributed by atoms with Crippen LogP contribution in [0.3, 0.4) is 0 Å². The second kappa shape index (κ2) is 8.14. The molecule has 0 saturated carbocycles. The summed E-state index contributed by atoms with van der Waals surface area (Å²) in [5.74, 6) is -0.135. The normalized spacial score (nSPS) is 16.7. The van der Waals surface area contributed by atoms with Gasteiger partial charge in [-0.2, -0.15) is 0 Å². The molecule has 1 N–H and O–H groups in total. The maximum atomic E-state index is 13.1. The van der Waals surface area contributed by atoms with Crippen molar-refractivity contribution in [2.45, 2.75) is 23.8 Å². The third kappa shape index (κ3) is 4.14. The van der Waals surface area contributed by atoms with Gasteiger partial charge in [-0.3, -0.25) is 9.52 Å². The van der Waals surface area contributed by atoms with E-state index in [0.29, 0.717) is 22.3 Å². The number of hydrogen-bond acceptors (Lipinski definition) is 5. The minimum atomic E-state index is -3.75. The minimum absolute atomic E-state index is 0.0772. The van der Waals surface area contributed by atoms with Crippen LogP contribution in [0.2, 0.25) is 5.02 Å². The van der Waals surface area contributed by atoms with Gasteiger partial charge in [0.25, 0.3) is 15.9 Å². The molecule has 1 saturated heterocycles. The van der Waals surface area contributed by atoms with Crippen LogP contribution in [-0.2, 0) is 10.0 Å². The number of amides is 1. The fourth-order valence-corrected chi connectivity index (χ4v) is 5.52. The molecule has 0 spiro atoms. The second-order valence-corrected chi connectivity index (χ2v) is 9.63. The number of sulfonamides is 1. The molecule has 3 aromatic rings. The quantitative estimate of drug-likeness (QED) is 0.621. The standard InChI is InChI=1S/C20H18ClN3O3S2/c21-17-5-2-1-4-16(17)18-6-3-12-24(18)19(25)14-7-9-15(10-8-14)29(26,27)23-20-22-11-13-28-20/h1-2,4-5,7-11,13,18H,3,6,12H2,(H,22,23). The first-order valence-corrected chi connectivity index (χ1v) is 11.8. The molecule has 1 amide bonds. The van der Waals surface area contributed by atoms with E-state index in [1.165, 1.54) is 29.7 Å². The van der Waals surface area contributed by atoms with Crippen molar-refractivity contribution in [3.8, 4) is 0 Å². The van der Waals surface area contributed by atoms with Crippen LogP contribution in [0.25, 0.3) is 0 Å². The lowest BCUT2D eigenvalue weighted by Gasteiger charge is -2.26. The predicted octanol–water partition coefficient (Wildman–Crippen LogP) is 4.57. The van der Waals surface area contributed by atoms with Crippen molar-refractivity contribution in [1.82, 2.24) is 9.88 Å². The summed E-state index contributed by atoms with van der Waals surface area (Å²) in [5, 5.41) is 2.63. The topological polar surface area (TPSA) is 79.4 Å². The van der Waals surface area contributed by atoms with Crippen LogP contribution < -0.4 is 4.72 Å². The van der Waals surface area contributed by atoms with Crippen LogP contribution in [0.1, 0.15) is 34.8 Å². The van der Waals surface area contributed by atoms with Gasteiger partial charge in [-0.1, -0.05) is 29.8 Å². The molecule has 29 heavy (non-hydrogen) atoms. The summed E-state index contributed by atoms with van der Waals surface area (Å²) in [5.41, 5.74) is 1.38. The van der Waals surface area contributed by atoms with E-state index in [0.717, 1.165) is 18.4 Å². The molecule has 2 heterocycles. The van der Waals surface area contributed by atoms with E-state index in [1.54, 1.807) is 22.4 Å². The molecule has 4 rings (SSSR count). The smallest absolute Gasteiger partial charge is 0.263 e. The fraction of sp³-hybridized carbons (Fsp3) is 0.200. The molecule has 150 valence electrons. The molecule has 1 fully saturated rings. The Labute approximate surface area is 178 Å². The Morgan fingerprint density at radius 3 is 2.62 bits per heavy atom. The molecule has 0 aliphatic carbocycles. The van der Waals surface area contributed by atoms with Crippen molar-refractivity contribution in [3.63, 3.8) is 0 Å². The molecule has 1 unspecified atom stereocenters. The Balaban J connectivity index is 1.54. The van der Waals surface area contributed by atoms with Gasteiger partial charge in [0.05, 0.1) is 10.9 Å². The minimum Gasteiger partial charge on any atom is -0.332 e. The Bertz CT molecular complexity index is 1120. The van der Waals surface area contributed by atoms with Crippen LogP contribution in [0.4, 0.5) is 5.13 Å². The summed E-state index contributed by atoms with van der Waals surface area (Å²) in [4.78, 5) is 18.9. The molecule has 1 aliphatic rings. The van der Waals surface area contributed by atoms with Gasteiger partial charge in [0, 0.05) is 28.7 Å². The van der Waals surface area contributed by atoms with Gasteiger partial charge < -0.3 is 4.90 Å². The highest BCUT2D eigenvalue weighted by Crippen LogP contribution is 2.36. The van der Waals surface area contributed by atoms with E-state index in [4.69, 9.17) is 11.6 Å². The lowest BCUT2D eigenvalue weighted by atomic mass is 10.0. The zero-order chi connectivity index (χ0) is 20.4. The average Bonchev–Trinajstić information content (AvgIpc) is 3.39. The summed E-state index contributed by atoms with van der Waals surface area (Å²) in [6.45, 7) is 0.639. The summed E-state index contributed by atoms with van der Waals surface area (Å²) in [6, 6.07) is 13.4. The molecule has 1 aromatic heterocycles. The van der Waals surface area contributed by atoms with Crippen molar-refractivity contribution in [3.05, 3.63) is 76.3 Å². The molecule has 6 nitrogen and oxygen atoms in total. The molecular formula is C20H18ClN3O3S2. The molecular weight excluding hydrogens is 430 g/mol. The van der Waals surface area contributed by atoms with Crippen molar-refractivity contribution in [2.75, 3.05) is 11.3 Å². The van der Waals surface area contributed by atoms with Crippen LogP contribution in [0.5, 0.6) is 0 Å². The summed E-state index contributed by atoms with van der Waals surface area (Å²) >= 11 is 7.53. The number of nitrogens with zero attached hydrogens (tertiary/aromatic N) is 2. The monoisotopic (exact) mass is 447 g/mol. The molecule has 9 heteroatoms. The van der Waals surface area contributed by atoms with Crippen molar-refractivity contribution in [2.24, 2.45) is 0 Å². The number of carbonyl (C=O) groups is 1. The Morgan fingerprint density at radius 2 is 1.93 bits per heavy atom. The van der Waals surface area contributed by atoms with E-state index >= 15 is 0 Å². The predicted molar refractivity (Wildman–Crippen MR) is 114 cm³/mol. The lowest BCUT2D eigenvalue weighted by Crippen LogP contribution is -2.30. The Kier molecular flexibility index (Phi) is 5.58. The molecule has 0 radical (unpaired) electrons.